The summed E-state index contributed by atoms with van der Waals surface area (Å²) >= 11 is 0. The van der Waals surface area contributed by atoms with Crippen molar-refractivity contribution in [2.24, 2.45) is 11.8 Å². The Kier molecular flexibility index (Phi) is 5.12. The molecule has 2 aliphatic heterocycles. The fourth-order valence-corrected chi connectivity index (χ4v) is 5.12. The average molecular weight is 435 g/mol. The Balaban J connectivity index is 1.56. The minimum absolute atomic E-state index is 0.000129. The number of carbonyl (C=O) groups is 3. The van der Waals surface area contributed by atoms with E-state index in [0.29, 0.717) is 22.8 Å². The van der Waals surface area contributed by atoms with E-state index in [1.54, 1.807) is 47.6 Å². The molecule has 32 heavy (non-hydrogen) atoms. The third-order valence-corrected chi connectivity index (χ3v) is 6.76. The van der Waals surface area contributed by atoms with E-state index in [1.165, 1.54) is 7.11 Å². The standard InChI is InChI=1S/C25H25NO6/c1-14-5-10-19-18(12-14)22(27)20-21(15-6-8-16(9-7-15)25(29)30-2)26(24(28)23(20)32-19)13-17-4-3-11-31-17/h3-4,6-9,11,14,18-19,21H,5,10,12-13H2,1-2H3. The van der Waals surface area contributed by atoms with Gasteiger partial charge in [0.1, 0.15) is 11.9 Å². The van der Waals surface area contributed by atoms with Crippen molar-refractivity contribution in [3.05, 3.63) is 70.9 Å². The number of ketones is 1. The average Bonchev–Trinajstić information content (AvgIpc) is 3.41. The Morgan fingerprint density at radius 2 is 1.94 bits per heavy atom. The Labute approximate surface area is 186 Å². The van der Waals surface area contributed by atoms with Crippen molar-refractivity contribution in [2.45, 2.75) is 44.9 Å². The number of nitrogens with zero attached hydrogens (tertiary/aromatic N) is 1. The van der Waals surface area contributed by atoms with Gasteiger partial charge in [-0.1, -0.05) is 19.1 Å². The van der Waals surface area contributed by atoms with Crippen molar-refractivity contribution in [2.75, 3.05) is 7.11 Å². The van der Waals surface area contributed by atoms with Crippen LogP contribution in [0.3, 0.4) is 0 Å². The second-order valence-electron chi connectivity index (χ2n) is 8.82. The molecule has 0 N–H and O–H groups in total. The number of Topliss-reactive ketones (excluding diaryl/α,β-unsaturated/α-hetero) is 1. The summed E-state index contributed by atoms with van der Waals surface area (Å²) in [5, 5.41) is 0. The zero-order valence-electron chi connectivity index (χ0n) is 18.1. The summed E-state index contributed by atoms with van der Waals surface area (Å²) in [5.74, 6) is 0.254. The fraction of sp³-hybridized carbons (Fsp3) is 0.400. The Hall–Kier alpha value is -3.35. The summed E-state index contributed by atoms with van der Waals surface area (Å²) in [4.78, 5) is 40.6. The van der Waals surface area contributed by atoms with Crippen molar-refractivity contribution in [3.63, 3.8) is 0 Å². The van der Waals surface area contributed by atoms with Gasteiger partial charge in [-0.25, -0.2) is 4.79 Å². The summed E-state index contributed by atoms with van der Waals surface area (Å²) in [5.41, 5.74) is 1.56. The van der Waals surface area contributed by atoms with Crippen molar-refractivity contribution in [3.8, 4) is 0 Å². The molecule has 0 bridgehead atoms. The Morgan fingerprint density at radius 3 is 2.62 bits per heavy atom. The van der Waals surface area contributed by atoms with Crippen LogP contribution in [0.2, 0.25) is 0 Å². The van der Waals surface area contributed by atoms with Gasteiger partial charge >= 0.3 is 5.97 Å². The lowest BCUT2D eigenvalue weighted by Gasteiger charge is -2.37. The molecule has 7 heteroatoms. The fourth-order valence-electron chi connectivity index (χ4n) is 5.12. The van der Waals surface area contributed by atoms with Crippen LogP contribution < -0.4 is 0 Å². The van der Waals surface area contributed by atoms with Gasteiger partial charge in [0.15, 0.2) is 11.5 Å². The maximum atomic E-state index is 13.7. The highest BCUT2D eigenvalue weighted by Crippen LogP contribution is 2.48. The normalized spacial score (nSPS) is 27.1. The van der Waals surface area contributed by atoms with E-state index in [9.17, 15) is 14.4 Å². The number of fused-ring (bicyclic) bond motifs is 1. The predicted molar refractivity (Wildman–Crippen MR) is 113 cm³/mol. The van der Waals surface area contributed by atoms with Crippen molar-refractivity contribution in [1.82, 2.24) is 4.90 Å². The first-order valence-electron chi connectivity index (χ1n) is 10.9. The summed E-state index contributed by atoms with van der Waals surface area (Å²) in [7, 11) is 1.33. The third-order valence-electron chi connectivity index (χ3n) is 6.76. The topological polar surface area (TPSA) is 86.0 Å². The molecule has 1 aliphatic carbocycles. The van der Waals surface area contributed by atoms with Gasteiger partial charge in [0.25, 0.3) is 5.91 Å². The molecule has 0 radical (unpaired) electrons. The molecule has 166 valence electrons. The molecule has 5 rings (SSSR count). The molecule has 4 atom stereocenters. The Bertz CT molecular complexity index is 1080. The van der Waals surface area contributed by atoms with Gasteiger partial charge in [-0.3, -0.25) is 9.59 Å². The molecule has 0 saturated heterocycles. The van der Waals surface area contributed by atoms with E-state index in [-0.39, 0.29) is 36.0 Å². The minimum atomic E-state index is -0.597. The van der Waals surface area contributed by atoms with Gasteiger partial charge in [0.05, 0.1) is 43.0 Å². The summed E-state index contributed by atoms with van der Waals surface area (Å²) < 4.78 is 16.5. The number of amides is 1. The Morgan fingerprint density at radius 1 is 1.16 bits per heavy atom. The van der Waals surface area contributed by atoms with E-state index in [4.69, 9.17) is 13.9 Å². The number of methoxy groups -OCH3 is 1. The smallest absolute Gasteiger partial charge is 0.337 e. The van der Waals surface area contributed by atoms with Gasteiger partial charge < -0.3 is 18.8 Å². The first-order valence-corrected chi connectivity index (χ1v) is 10.9. The van der Waals surface area contributed by atoms with E-state index < -0.39 is 12.0 Å². The first kappa shape index (κ1) is 20.5. The van der Waals surface area contributed by atoms with Crippen molar-refractivity contribution < 1.29 is 28.3 Å². The molecule has 1 aromatic carbocycles. The third kappa shape index (κ3) is 3.32. The lowest BCUT2D eigenvalue weighted by molar-refractivity contribution is -0.136. The van der Waals surface area contributed by atoms with Gasteiger partial charge in [-0.05, 0) is 55.0 Å². The van der Waals surface area contributed by atoms with E-state index in [1.807, 2.05) is 0 Å². The monoisotopic (exact) mass is 435 g/mol. The molecule has 1 fully saturated rings. The maximum Gasteiger partial charge on any atom is 0.337 e. The maximum absolute atomic E-state index is 13.7. The molecular weight excluding hydrogens is 410 g/mol. The van der Waals surface area contributed by atoms with Crippen LogP contribution in [0.15, 0.2) is 58.4 Å². The molecule has 2 aromatic rings. The number of esters is 1. The number of carbonyl (C=O) groups excluding carboxylic acids is 3. The number of ether oxygens (including phenoxy) is 2. The molecule has 1 saturated carbocycles. The van der Waals surface area contributed by atoms with Crippen LogP contribution in [0.1, 0.15) is 53.9 Å². The van der Waals surface area contributed by atoms with E-state index >= 15 is 0 Å². The molecule has 3 heterocycles. The molecule has 4 unspecified atom stereocenters. The predicted octanol–water partition coefficient (Wildman–Crippen LogP) is 3.81. The molecule has 1 aromatic heterocycles. The SMILES string of the molecule is COC(=O)c1ccc(C2C3=C(OC4CCC(C)CC4C3=O)C(=O)N2Cc2ccco2)cc1. The zero-order chi connectivity index (χ0) is 22.4. The van der Waals surface area contributed by atoms with Crippen LogP contribution in [0.5, 0.6) is 0 Å². The van der Waals surface area contributed by atoms with Gasteiger partial charge in [0, 0.05) is 0 Å². The van der Waals surface area contributed by atoms with Crippen LogP contribution in [-0.4, -0.2) is 35.8 Å². The van der Waals surface area contributed by atoms with Gasteiger partial charge in [-0.15, -0.1) is 0 Å². The van der Waals surface area contributed by atoms with Gasteiger partial charge in [-0.2, -0.15) is 0 Å². The molecular formula is C25H25NO6. The number of benzene rings is 1. The van der Waals surface area contributed by atoms with Crippen LogP contribution in [0.4, 0.5) is 0 Å². The van der Waals surface area contributed by atoms with Crippen LogP contribution in [0.25, 0.3) is 0 Å². The highest BCUT2D eigenvalue weighted by atomic mass is 16.5. The number of furan rings is 1. The second kappa shape index (κ2) is 7.97. The quantitative estimate of drug-likeness (QED) is 0.679. The van der Waals surface area contributed by atoms with Crippen LogP contribution in [0, 0.1) is 11.8 Å². The largest absolute Gasteiger partial charge is 0.483 e. The van der Waals surface area contributed by atoms with Crippen molar-refractivity contribution >= 4 is 17.7 Å². The van der Waals surface area contributed by atoms with Crippen LogP contribution in [-0.2, 0) is 25.6 Å². The minimum Gasteiger partial charge on any atom is -0.483 e. The molecule has 0 spiro atoms. The number of hydrogen-bond acceptors (Lipinski definition) is 6. The summed E-state index contributed by atoms with van der Waals surface area (Å²) in [6, 6.07) is 9.78. The van der Waals surface area contributed by atoms with E-state index in [0.717, 1.165) is 24.8 Å². The number of hydrogen-bond donors (Lipinski definition) is 0. The highest BCUT2D eigenvalue weighted by Gasteiger charge is 2.52. The second-order valence-corrected chi connectivity index (χ2v) is 8.82. The first-order chi connectivity index (χ1) is 15.5. The number of rotatable bonds is 4. The molecule has 3 aliphatic rings. The summed E-state index contributed by atoms with van der Waals surface area (Å²) in [6.45, 7) is 2.37. The van der Waals surface area contributed by atoms with Crippen LogP contribution >= 0.6 is 0 Å². The lowest BCUT2D eigenvalue weighted by atomic mass is 9.74. The zero-order valence-corrected chi connectivity index (χ0v) is 18.1. The molecule has 7 nitrogen and oxygen atoms in total. The highest BCUT2D eigenvalue weighted by molar-refractivity contribution is 6.11. The lowest BCUT2D eigenvalue weighted by Crippen LogP contribution is -2.41. The summed E-state index contributed by atoms with van der Waals surface area (Å²) in [6.07, 6.45) is 3.84. The van der Waals surface area contributed by atoms with Gasteiger partial charge in [0.2, 0.25) is 0 Å². The van der Waals surface area contributed by atoms with E-state index in [2.05, 4.69) is 6.92 Å². The van der Waals surface area contributed by atoms with Crippen molar-refractivity contribution in [1.29, 1.82) is 0 Å². The molecule has 1 amide bonds.